The lowest BCUT2D eigenvalue weighted by Gasteiger charge is -2.06. The lowest BCUT2D eigenvalue weighted by atomic mass is 10.1. The Morgan fingerprint density at radius 1 is 1.57 bits per heavy atom. The van der Waals surface area contributed by atoms with Crippen LogP contribution in [-0.2, 0) is 16.1 Å². The Labute approximate surface area is 83.4 Å². The summed E-state index contributed by atoms with van der Waals surface area (Å²) in [4.78, 5) is 13.7. The van der Waals surface area contributed by atoms with Gasteiger partial charge in [-0.15, -0.1) is 0 Å². The summed E-state index contributed by atoms with van der Waals surface area (Å²) in [5.41, 5.74) is 2.08. The molecule has 0 amide bonds. The van der Waals surface area contributed by atoms with E-state index in [1.807, 2.05) is 31.2 Å². The summed E-state index contributed by atoms with van der Waals surface area (Å²) in [6, 6.07) is 7.69. The van der Waals surface area contributed by atoms with Crippen molar-refractivity contribution in [2.75, 3.05) is 7.11 Å². The molecule has 0 aliphatic carbocycles. The fraction of sp³-hybridized carbons (Fsp3) is 0.364. The molecular weight excluding hydrogens is 178 g/mol. The molecule has 0 aromatic heterocycles. The SMILES string of the molecule is COCc1cccc(C(C)N=C=O)c1. The van der Waals surface area contributed by atoms with Gasteiger partial charge in [-0.05, 0) is 18.1 Å². The normalized spacial score (nSPS) is 11.9. The number of methoxy groups -OCH3 is 1. The van der Waals surface area contributed by atoms with Gasteiger partial charge >= 0.3 is 0 Å². The maximum absolute atomic E-state index is 10.1. The highest BCUT2D eigenvalue weighted by atomic mass is 16.5. The highest BCUT2D eigenvalue weighted by Gasteiger charge is 2.03. The van der Waals surface area contributed by atoms with Gasteiger partial charge in [-0.3, -0.25) is 0 Å². The summed E-state index contributed by atoms with van der Waals surface area (Å²) in [6.45, 7) is 2.43. The van der Waals surface area contributed by atoms with Crippen LogP contribution in [0.2, 0.25) is 0 Å². The van der Waals surface area contributed by atoms with Crippen molar-refractivity contribution >= 4 is 6.08 Å². The third kappa shape index (κ3) is 2.80. The second kappa shape index (κ2) is 5.32. The smallest absolute Gasteiger partial charge is 0.235 e. The molecule has 3 heteroatoms. The zero-order chi connectivity index (χ0) is 10.4. The Hall–Kier alpha value is -1.44. The van der Waals surface area contributed by atoms with E-state index in [9.17, 15) is 4.79 Å². The van der Waals surface area contributed by atoms with Gasteiger partial charge in [0.25, 0.3) is 0 Å². The van der Waals surface area contributed by atoms with Crippen molar-refractivity contribution in [2.45, 2.75) is 19.6 Å². The lowest BCUT2D eigenvalue weighted by molar-refractivity contribution is 0.185. The van der Waals surface area contributed by atoms with Crippen LogP contribution < -0.4 is 0 Å². The summed E-state index contributed by atoms with van der Waals surface area (Å²) in [5.74, 6) is 0. The van der Waals surface area contributed by atoms with Gasteiger partial charge in [0.15, 0.2) is 0 Å². The maximum Gasteiger partial charge on any atom is 0.235 e. The van der Waals surface area contributed by atoms with Crippen LogP contribution in [0.5, 0.6) is 0 Å². The van der Waals surface area contributed by atoms with Crippen molar-refractivity contribution in [3.63, 3.8) is 0 Å². The molecule has 0 saturated carbocycles. The van der Waals surface area contributed by atoms with E-state index >= 15 is 0 Å². The molecule has 1 unspecified atom stereocenters. The predicted octanol–water partition coefficient (Wildman–Crippen LogP) is 2.23. The van der Waals surface area contributed by atoms with Crippen molar-refractivity contribution in [2.24, 2.45) is 4.99 Å². The van der Waals surface area contributed by atoms with Crippen LogP contribution in [0.3, 0.4) is 0 Å². The van der Waals surface area contributed by atoms with E-state index in [2.05, 4.69) is 4.99 Å². The van der Waals surface area contributed by atoms with Crippen molar-refractivity contribution in [3.05, 3.63) is 35.4 Å². The Bertz CT molecular complexity index is 343. The topological polar surface area (TPSA) is 38.7 Å². The summed E-state index contributed by atoms with van der Waals surface area (Å²) >= 11 is 0. The number of benzene rings is 1. The third-order valence-electron chi connectivity index (χ3n) is 1.99. The van der Waals surface area contributed by atoms with E-state index in [1.54, 1.807) is 13.2 Å². The second-order valence-corrected chi connectivity index (χ2v) is 3.07. The van der Waals surface area contributed by atoms with Crippen LogP contribution in [0.15, 0.2) is 29.3 Å². The zero-order valence-electron chi connectivity index (χ0n) is 8.36. The molecule has 0 saturated heterocycles. The van der Waals surface area contributed by atoms with Gasteiger partial charge in [0.2, 0.25) is 6.08 Å². The minimum atomic E-state index is -0.135. The van der Waals surface area contributed by atoms with Crippen molar-refractivity contribution in [1.29, 1.82) is 0 Å². The summed E-state index contributed by atoms with van der Waals surface area (Å²) < 4.78 is 5.01. The predicted molar refractivity (Wildman–Crippen MR) is 53.7 cm³/mol. The molecule has 0 bridgehead atoms. The lowest BCUT2D eigenvalue weighted by Crippen LogP contribution is -1.93. The first-order chi connectivity index (χ1) is 6.77. The average Bonchev–Trinajstić information content (AvgIpc) is 2.19. The highest BCUT2D eigenvalue weighted by molar-refractivity contribution is 5.36. The van der Waals surface area contributed by atoms with Crippen LogP contribution in [0.4, 0.5) is 0 Å². The molecule has 0 heterocycles. The minimum Gasteiger partial charge on any atom is -0.380 e. The van der Waals surface area contributed by atoms with Crippen LogP contribution >= 0.6 is 0 Å². The molecule has 14 heavy (non-hydrogen) atoms. The van der Waals surface area contributed by atoms with Crippen LogP contribution in [0.1, 0.15) is 24.1 Å². The number of ether oxygens (including phenoxy) is 1. The molecule has 0 spiro atoms. The number of carbonyl (C=O) groups excluding carboxylic acids is 1. The highest BCUT2D eigenvalue weighted by Crippen LogP contribution is 2.17. The Balaban J connectivity index is 2.87. The van der Waals surface area contributed by atoms with Gasteiger partial charge in [-0.1, -0.05) is 24.3 Å². The second-order valence-electron chi connectivity index (χ2n) is 3.07. The Kier molecular flexibility index (Phi) is 4.05. The van der Waals surface area contributed by atoms with Gasteiger partial charge < -0.3 is 4.74 Å². The quantitative estimate of drug-likeness (QED) is 0.540. The van der Waals surface area contributed by atoms with Crippen LogP contribution in [0.25, 0.3) is 0 Å². The standard InChI is InChI=1S/C11H13NO2/c1-9(12-8-13)11-5-3-4-10(6-11)7-14-2/h3-6,9H,7H2,1-2H3. The molecular formula is C11H13NO2. The number of nitrogens with zero attached hydrogens (tertiary/aromatic N) is 1. The molecule has 1 aromatic rings. The van der Waals surface area contributed by atoms with Crippen LogP contribution in [-0.4, -0.2) is 13.2 Å². The number of isocyanates is 1. The molecule has 0 radical (unpaired) electrons. The van der Waals surface area contributed by atoms with Gasteiger partial charge in [-0.2, -0.15) is 4.99 Å². The zero-order valence-corrected chi connectivity index (χ0v) is 8.36. The number of aliphatic imine (C=N–C) groups is 1. The van der Waals surface area contributed by atoms with E-state index in [0.717, 1.165) is 11.1 Å². The fourth-order valence-corrected chi connectivity index (χ4v) is 1.26. The molecule has 1 atom stereocenters. The van der Waals surface area contributed by atoms with E-state index in [1.165, 1.54) is 0 Å². The molecule has 0 aliphatic rings. The molecule has 0 N–H and O–H groups in total. The minimum absolute atomic E-state index is 0.135. The third-order valence-corrected chi connectivity index (χ3v) is 1.99. The Morgan fingerprint density at radius 2 is 2.36 bits per heavy atom. The maximum atomic E-state index is 10.1. The molecule has 3 nitrogen and oxygen atoms in total. The van der Waals surface area contributed by atoms with Gasteiger partial charge in [0.05, 0.1) is 12.6 Å². The Morgan fingerprint density at radius 3 is 3.00 bits per heavy atom. The summed E-state index contributed by atoms with van der Waals surface area (Å²) in [5, 5.41) is 0. The van der Waals surface area contributed by atoms with E-state index in [4.69, 9.17) is 4.74 Å². The summed E-state index contributed by atoms with van der Waals surface area (Å²) in [6.07, 6.45) is 1.56. The van der Waals surface area contributed by atoms with E-state index in [-0.39, 0.29) is 6.04 Å². The van der Waals surface area contributed by atoms with Crippen LogP contribution in [0, 0.1) is 0 Å². The number of rotatable bonds is 4. The van der Waals surface area contributed by atoms with Gasteiger partial charge in [0, 0.05) is 7.11 Å². The van der Waals surface area contributed by atoms with Crippen molar-refractivity contribution in [1.82, 2.24) is 0 Å². The summed E-state index contributed by atoms with van der Waals surface area (Å²) in [7, 11) is 1.65. The molecule has 1 rings (SSSR count). The van der Waals surface area contributed by atoms with Crippen molar-refractivity contribution < 1.29 is 9.53 Å². The molecule has 1 aromatic carbocycles. The first-order valence-electron chi connectivity index (χ1n) is 4.42. The van der Waals surface area contributed by atoms with Crippen molar-refractivity contribution in [3.8, 4) is 0 Å². The van der Waals surface area contributed by atoms with Gasteiger partial charge in [-0.25, -0.2) is 4.79 Å². The number of hydrogen-bond donors (Lipinski definition) is 0. The largest absolute Gasteiger partial charge is 0.380 e. The molecule has 0 aliphatic heterocycles. The first-order valence-corrected chi connectivity index (χ1v) is 4.42. The monoisotopic (exact) mass is 191 g/mol. The van der Waals surface area contributed by atoms with E-state index < -0.39 is 0 Å². The van der Waals surface area contributed by atoms with Gasteiger partial charge in [0.1, 0.15) is 0 Å². The van der Waals surface area contributed by atoms with E-state index in [0.29, 0.717) is 6.61 Å². The average molecular weight is 191 g/mol. The number of hydrogen-bond acceptors (Lipinski definition) is 3. The first kappa shape index (κ1) is 10.6. The molecule has 0 fully saturated rings. The fourth-order valence-electron chi connectivity index (χ4n) is 1.26. The molecule has 74 valence electrons.